The molecule has 1 saturated carbocycles. The predicted octanol–water partition coefficient (Wildman–Crippen LogP) is 3.73. The van der Waals surface area contributed by atoms with Crippen LogP contribution in [0.5, 0.6) is 0 Å². The highest BCUT2D eigenvalue weighted by Crippen LogP contribution is 2.50. The van der Waals surface area contributed by atoms with Gasteiger partial charge in [-0.05, 0) is 49.1 Å². The summed E-state index contributed by atoms with van der Waals surface area (Å²) in [7, 11) is 0. The van der Waals surface area contributed by atoms with E-state index in [4.69, 9.17) is 21.5 Å². The molecule has 1 N–H and O–H groups in total. The maximum Gasteiger partial charge on any atom is 0.290 e. The zero-order valence-electron chi connectivity index (χ0n) is 19.2. The van der Waals surface area contributed by atoms with Crippen LogP contribution in [0.2, 0.25) is 5.02 Å². The third-order valence-electron chi connectivity index (χ3n) is 7.06. The first kappa shape index (κ1) is 24.3. The van der Waals surface area contributed by atoms with Crippen molar-refractivity contribution in [3.63, 3.8) is 0 Å². The molecule has 9 heteroatoms. The van der Waals surface area contributed by atoms with Crippen LogP contribution in [0, 0.1) is 5.41 Å². The normalized spacial score (nSPS) is 22.8. The SMILES string of the molecule is CSc1cnc(N2CCN(C3CC4(C3)CN(Cc3ccc(Cl)cc3)C4)CC2C)nc1.O=CO. The number of benzene rings is 1. The van der Waals surface area contributed by atoms with Crippen LogP contribution in [0.15, 0.2) is 41.6 Å². The van der Waals surface area contributed by atoms with Gasteiger partial charge in [-0.2, -0.15) is 0 Å². The monoisotopic (exact) mass is 489 g/mol. The molecular weight excluding hydrogens is 458 g/mol. The lowest BCUT2D eigenvalue weighted by Gasteiger charge is -2.62. The molecule has 0 radical (unpaired) electrons. The molecule has 1 atom stereocenters. The van der Waals surface area contributed by atoms with Gasteiger partial charge in [0.25, 0.3) is 6.47 Å². The Morgan fingerprint density at radius 2 is 1.82 bits per heavy atom. The van der Waals surface area contributed by atoms with E-state index in [-0.39, 0.29) is 6.47 Å². The third-order valence-corrected chi connectivity index (χ3v) is 7.99. The second-order valence-corrected chi connectivity index (χ2v) is 10.7. The van der Waals surface area contributed by atoms with Crippen molar-refractivity contribution in [3.05, 3.63) is 47.2 Å². The Labute approximate surface area is 205 Å². The zero-order valence-corrected chi connectivity index (χ0v) is 20.8. The highest BCUT2D eigenvalue weighted by Gasteiger charge is 2.53. The number of aromatic nitrogens is 2. The number of halogens is 1. The maximum absolute atomic E-state index is 8.36. The largest absolute Gasteiger partial charge is 0.483 e. The van der Waals surface area contributed by atoms with Crippen LogP contribution in [-0.2, 0) is 11.3 Å². The van der Waals surface area contributed by atoms with E-state index >= 15 is 0 Å². The van der Waals surface area contributed by atoms with E-state index in [2.05, 4.69) is 50.0 Å². The van der Waals surface area contributed by atoms with E-state index in [9.17, 15) is 0 Å². The van der Waals surface area contributed by atoms with Gasteiger partial charge in [-0.25, -0.2) is 9.97 Å². The van der Waals surface area contributed by atoms with Crippen molar-refractivity contribution in [2.45, 2.75) is 43.3 Å². The first-order valence-electron chi connectivity index (χ1n) is 11.4. The molecule has 1 spiro atoms. The molecule has 0 bridgehead atoms. The lowest BCUT2D eigenvalue weighted by Crippen LogP contribution is -2.68. The minimum atomic E-state index is -0.250. The van der Waals surface area contributed by atoms with Gasteiger partial charge < -0.3 is 10.0 Å². The Hall–Kier alpha value is -1.87. The van der Waals surface area contributed by atoms with E-state index in [0.29, 0.717) is 11.5 Å². The number of nitrogens with zero attached hydrogens (tertiary/aromatic N) is 5. The number of likely N-dealkylation sites (tertiary alicyclic amines) is 1. The van der Waals surface area contributed by atoms with Gasteiger partial charge in [-0.3, -0.25) is 14.6 Å². The molecule has 2 aliphatic heterocycles. The van der Waals surface area contributed by atoms with Crippen LogP contribution < -0.4 is 4.90 Å². The highest BCUT2D eigenvalue weighted by molar-refractivity contribution is 7.98. The first-order chi connectivity index (χ1) is 15.9. The lowest BCUT2D eigenvalue weighted by molar-refractivity contribution is -0.122. The molecule has 178 valence electrons. The molecule has 2 aromatic rings. The molecule has 5 rings (SSSR count). The Morgan fingerprint density at radius 3 is 2.39 bits per heavy atom. The molecule has 1 aromatic heterocycles. The number of carbonyl (C=O) groups is 1. The molecule has 2 saturated heterocycles. The number of piperazine rings is 1. The second-order valence-electron chi connectivity index (χ2n) is 9.40. The van der Waals surface area contributed by atoms with Crippen LogP contribution in [-0.4, -0.2) is 82.4 Å². The highest BCUT2D eigenvalue weighted by atomic mass is 35.5. The number of thioether (sulfide) groups is 1. The van der Waals surface area contributed by atoms with Gasteiger partial charge in [-0.1, -0.05) is 23.7 Å². The maximum atomic E-state index is 8.36. The Bertz CT molecular complexity index is 915. The average Bonchev–Trinajstić information content (AvgIpc) is 2.76. The van der Waals surface area contributed by atoms with Crippen molar-refractivity contribution in [3.8, 4) is 0 Å². The summed E-state index contributed by atoms with van der Waals surface area (Å²) in [5.41, 5.74) is 1.94. The van der Waals surface area contributed by atoms with Gasteiger partial charge >= 0.3 is 0 Å². The van der Waals surface area contributed by atoms with Gasteiger partial charge in [0.15, 0.2) is 0 Å². The minimum absolute atomic E-state index is 0.250. The minimum Gasteiger partial charge on any atom is -0.483 e. The van der Waals surface area contributed by atoms with E-state index < -0.39 is 0 Å². The standard InChI is InChI=1S/C23H30ClN5S.CH2O2/c1-17-13-28(7-8-29(17)22-25-11-21(30-2)12-26-22)20-9-23(10-20)15-27(16-23)14-18-3-5-19(24)6-4-18;2-1-3/h3-6,11-12,17,20H,7-10,13-16H2,1-2H3;1H,(H,2,3). The summed E-state index contributed by atoms with van der Waals surface area (Å²) in [6, 6.07) is 9.50. The van der Waals surface area contributed by atoms with Crippen molar-refractivity contribution in [2.75, 3.05) is 43.9 Å². The van der Waals surface area contributed by atoms with Crippen LogP contribution in [0.1, 0.15) is 25.3 Å². The summed E-state index contributed by atoms with van der Waals surface area (Å²) in [5, 5.41) is 7.71. The van der Waals surface area contributed by atoms with Crippen LogP contribution >= 0.6 is 23.4 Å². The topological polar surface area (TPSA) is 72.8 Å². The van der Waals surface area contributed by atoms with E-state index in [1.807, 2.05) is 24.5 Å². The molecule has 33 heavy (non-hydrogen) atoms. The number of rotatable bonds is 5. The van der Waals surface area contributed by atoms with E-state index in [1.165, 1.54) is 31.5 Å². The number of hydrogen-bond acceptors (Lipinski definition) is 7. The molecular formula is C24H32ClN5O2S. The van der Waals surface area contributed by atoms with Gasteiger partial charge in [0.1, 0.15) is 0 Å². The predicted molar refractivity (Wildman–Crippen MR) is 133 cm³/mol. The van der Waals surface area contributed by atoms with Crippen molar-refractivity contribution in [2.24, 2.45) is 5.41 Å². The van der Waals surface area contributed by atoms with E-state index in [1.54, 1.807) is 11.8 Å². The number of carboxylic acid groups (broad SMARTS) is 1. The third kappa shape index (κ3) is 5.62. The summed E-state index contributed by atoms with van der Waals surface area (Å²) in [4.78, 5) is 26.3. The molecule has 1 aromatic carbocycles. The van der Waals surface area contributed by atoms with Gasteiger partial charge in [-0.15, -0.1) is 11.8 Å². The van der Waals surface area contributed by atoms with Crippen molar-refractivity contribution in [1.82, 2.24) is 19.8 Å². The van der Waals surface area contributed by atoms with Crippen molar-refractivity contribution in [1.29, 1.82) is 0 Å². The fraction of sp³-hybridized carbons (Fsp3) is 0.542. The summed E-state index contributed by atoms with van der Waals surface area (Å²) in [6.45, 7) is 8.86. The number of anilines is 1. The van der Waals surface area contributed by atoms with Gasteiger partial charge in [0.2, 0.25) is 5.95 Å². The van der Waals surface area contributed by atoms with Crippen LogP contribution in [0.25, 0.3) is 0 Å². The molecule has 0 amide bonds. The molecule has 3 heterocycles. The second kappa shape index (κ2) is 10.6. The zero-order chi connectivity index (χ0) is 23.4. The van der Waals surface area contributed by atoms with Crippen molar-refractivity contribution >= 4 is 35.8 Å². The van der Waals surface area contributed by atoms with Gasteiger partial charge in [0, 0.05) is 73.7 Å². The summed E-state index contributed by atoms with van der Waals surface area (Å²) >= 11 is 7.69. The Morgan fingerprint density at radius 1 is 1.18 bits per heavy atom. The fourth-order valence-electron chi connectivity index (χ4n) is 5.50. The fourth-order valence-corrected chi connectivity index (χ4v) is 5.94. The van der Waals surface area contributed by atoms with Crippen LogP contribution in [0.3, 0.4) is 0 Å². The molecule has 3 fully saturated rings. The summed E-state index contributed by atoms with van der Waals surface area (Å²) in [5.74, 6) is 0.877. The van der Waals surface area contributed by atoms with Crippen molar-refractivity contribution < 1.29 is 9.90 Å². The van der Waals surface area contributed by atoms with Crippen LogP contribution in [0.4, 0.5) is 5.95 Å². The Balaban J connectivity index is 0.000000821. The molecule has 1 unspecified atom stereocenters. The molecule has 3 aliphatic rings. The lowest BCUT2D eigenvalue weighted by atomic mass is 9.60. The summed E-state index contributed by atoms with van der Waals surface area (Å²) < 4.78 is 0. The summed E-state index contributed by atoms with van der Waals surface area (Å²) in [6.07, 6.45) is 8.65. The smallest absolute Gasteiger partial charge is 0.290 e. The molecule has 7 nitrogen and oxygen atoms in total. The average molecular weight is 490 g/mol. The number of hydrogen-bond donors (Lipinski definition) is 1. The van der Waals surface area contributed by atoms with Gasteiger partial charge in [0.05, 0.1) is 0 Å². The molecule has 1 aliphatic carbocycles. The first-order valence-corrected chi connectivity index (χ1v) is 13.0. The Kier molecular flexibility index (Phi) is 7.79. The van der Waals surface area contributed by atoms with E-state index in [0.717, 1.165) is 48.1 Å². The quantitative estimate of drug-likeness (QED) is 0.503.